The molecule has 1 aliphatic rings. The number of hydrogen-bond acceptors (Lipinski definition) is 8. The predicted molar refractivity (Wildman–Crippen MR) is 190 cm³/mol. The standard InChI is InChI=1S/C38H43N3O6S/c39-33-8-3-4-9-34(33)41-37(45)11-5-10-36(44)40-23-30-6-1-2-7-32(30)27-16-18-29(19-17-27)38-46-31(25-48-21-20-42)22-35(47-38)28-14-12-26(24-43)13-15-28/h1-4,6-9,12-19,31,35,38,42-43H,5,10-11,20-25,39H2,(H,40,44)(H,41,45)/t31-,35+,38+/m1/s1. The average Bonchev–Trinajstić information content (AvgIpc) is 3.12. The van der Waals surface area contributed by atoms with Crippen LogP contribution >= 0.6 is 11.8 Å². The van der Waals surface area contributed by atoms with Crippen LogP contribution in [0.1, 0.15) is 60.3 Å². The zero-order chi connectivity index (χ0) is 33.7. The van der Waals surface area contributed by atoms with Crippen LogP contribution in [-0.4, -0.2) is 46.2 Å². The highest BCUT2D eigenvalue weighted by Crippen LogP contribution is 2.39. The fourth-order valence-corrected chi connectivity index (χ4v) is 6.37. The second-order valence-electron chi connectivity index (χ2n) is 11.7. The number of nitrogens with one attached hydrogen (secondary N) is 2. The monoisotopic (exact) mass is 669 g/mol. The smallest absolute Gasteiger partial charge is 0.224 e. The van der Waals surface area contributed by atoms with E-state index >= 15 is 0 Å². The van der Waals surface area contributed by atoms with Gasteiger partial charge in [-0.05, 0) is 46.4 Å². The molecule has 1 heterocycles. The van der Waals surface area contributed by atoms with Crippen LogP contribution in [0.5, 0.6) is 0 Å². The molecule has 4 aromatic carbocycles. The van der Waals surface area contributed by atoms with Crippen LogP contribution in [0.3, 0.4) is 0 Å². The largest absolute Gasteiger partial charge is 0.397 e. The molecule has 0 spiro atoms. The molecule has 3 atom stereocenters. The van der Waals surface area contributed by atoms with Crippen molar-refractivity contribution in [2.24, 2.45) is 0 Å². The number of rotatable bonds is 15. The number of carbonyl (C=O) groups is 2. The quantitative estimate of drug-likeness (QED) is 0.0753. The summed E-state index contributed by atoms with van der Waals surface area (Å²) in [4.78, 5) is 24.9. The molecule has 0 aliphatic carbocycles. The maximum Gasteiger partial charge on any atom is 0.224 e. The van der Waals surface area contributed by atoms with Crippen LogP contribution in [0.4, 0.5) is 11.4 Å². The average molecular weight is 670 g/mol. The molecule has 0 saturated carbocycles. The van der Waals surface area contributed by atoms with Gasteiger partial charge in [0.2, 0.25) is 11.8 Å². The maximum absolute atomic E-state index is 12.6. The van der Waals surface area contributed by atoms with E-state index in [1.165, 1.54) is 0 Å². The fourth-order valence-electron chi connectivity index (χ4n) is 5.59. The summed E-state index contributed by atoms with van der Waals surface area (Å²) in [7, 11) is 0. The molecule has 0 aromatic heterocycles. The summed E-state index contributed by atoms with van der Waals surface area (Å²) in [5, 5.41) is 24.5. The Bertz CT molecular complexity index is 1630. The molecule has 48 heavy (non-hydrogen) atoms. The van der Waals surface area contributed by atoms with Crippen molar-refractivity contribution in [2.75, 3.05) is 29.2 Å². The molecule has 252 valence electrons. The van der Waals surface area contributed by atoms with Crippen molar-refractivity contribution in [3.8, 4) is 11.1 Å². The Balaban J connectivity index is 1.18. The van der Waals surface area contributed by atoms with Gasteiger partial charge in [0.25, 0.3) is 0 Å². The number of nitrogen functional groups attached to an aromatic ring is 1. The van der Waals surface area contributed by atoms with E-state index in [2.05, 4.69) is 10.6 Å². The molecule has 9 nitrogen and oxygen atoms in total. The number of thioether (sulfide) groups is 1. The van der Waals surface area contributed by atoms with Gasteiger partial charge in [0.1, 0.15) is 0 Å². The normalized spacial score (nSPS) is 17.5. The lowest BCUT2D eigenvalue weighted by Gasteiger charge is -2.36. The zero-order valence-corrected chi connectivity index (χ0v) is 27.7. The van der Waals surface area contributed by atoms with Crippen LogP contribution in [0.15, 0.2) is 97.1 Å². The van der Waals surface area contributed by atoms with E-state index in [9.17, 15) is 19.8 Å². The van der Waals surface area contributed by atoms with Crippen molar-refractivity contribution in [3.63, 3.8) is 0 Å². The minimum Gasteiger partial charge on any atom is -0.397 e. The molecular formula is C38H43N3O6S. The van der Waals surface area contributed by atoms with Gasteiger partial charge >= 0.3 is 0 Å². The van der Waals surface area contributed by atoms with Gasteiger partial charge in [-0.25, -0.2) is 0 Å². The van der Waals surface area contributed by atoms with Crippen LogP contribution in [0.25, 0.3) is 11.1 Å². The lowest BCUT2D eigenvalue weighted by atomic mass is 9.97. The van der Waals surface area contributed by atoms with E-state index in [1.807, 2.05) is 72.8 Å². The van der Waals surface area contributed by atoms with Gasteiger partial charge in [0, 0.05) is 42.9 Å². The molecule has 2 amide bonds. The number of anilines is 2. The SMILES string of the molecule is Nc1ccccc1NC(=O)CCCC(=O)NCc1ccccc1-c1ccc([C@H]2O[C@@H](CSCCO)C[C@@H](c3ccc(CO)cc3)O2)cc1. The number of benzene rings is 4. The number of aliphatic hydroxyl groups excluding tert-OH is 2. The first-order chi connectivity index (χ1) is 23.4. The third kappa shape index (κ3) is 9.91. The number of amides is 2. The molecule has 4 aromatic rings. The summed E-state index contributed by atoms with van der Waals surface area (Å²) in [6, 6.07) is 30.9. The number of ether oxygens (including phenoxy) is 2. The number of nitrogens with two attached hydrogens (primary N) is 1. The van der Waals surface area contributed by atoms with E-state index in [4.69, 9.17) is 15.2 Å². The second kappa shape index (κ2) is 17.8. The minimum absolute atomic E-state index is 0.00792. The molecular weight excluding hydrogens is 627 g/mol. The third-order valence-corrected chi connectivity index (χ3v) is 9.26. The van der Waals surface area contributed by atoms with Gasteiger partial charge in [0.05, 0.1) is 36.8 Å². The van der Waals surface area contributed by atoms with Gasteiger partial charge < -0.3 is 36.1 Å². The molecule has 10 heteroatoms. The zero-order valence-electron chi connectivity index (χ0n) is 26.8. The number of aliphatic hydroxyl groups is 2. The second-order valence-corrected chi connectivity index (χ2v) is 12.8. The molecule has 5 rings (SSSR count). The van der Waals surface area contributed by atoms with E-state index in [-0.39, 0.29) is 50.1 Å². The Morgan fingerprint density at radius 2 is 1.54 bits per heavy atom. The Labute approximate surface area is 285 Å². The van der Waals surface area contributed by atoms with Crippen LogP contribution < -0.4 is 16.4 Å². The highest BCUT2D eigenvalue weighted by Gasteiger charge is 2.32. The van der Waals surface area contributed by atoms with Gasteiger partial charge in [-0.2, -0.15) is 11.8 Å². The number of hydrogen-bond donors (Lipinski definition) is 5. The van der Waals surface area contributed by atoms with Crippen molar-refractivity contribution in [3.05, 3.63) is 119 Å². The van der Waals surface area contributed by atoms with E-state index < -0.39 is 6.29 Å². The van der Waals surface area contributed by atoms with Gasteiger partial charge in [-0.3, -0.25) is 9.59 Å². The highest BCUT2D eigenvalue weighted by atomic mass is 32.2. The van der Waals surface area contributed by atoms with E-state index in [0.717, 1.165) is 39.1 Å². The summed E-state index contributed by atoms with van der Waals surface area (Å²) in [6.07, 6.45) is 0.799. The molecule has 1 saturated heterocycles. The van der Waals surface area contributed by atoms with E-state index in [0.29, 0.717) is 36.5 Å². The van der Waals surface area contributed by atoms with Crippen molar-refractivity contribution < 1.29 is 29.3 Å². The summed E-state index contributed by atoms with van der Waals surface area (Å²) in [6.45, 7) is 0.481. The van der Waals surface area contributed by atoms with Gasteiger partial charge in [-0.15, -0.1) is 0 Å². The summed E-state index contributed by atoms with van der Waals surface area (Å²) in [5.41, 5.74) is 12.7. The summed E-state index contributed by atoms with van der Waals surface area (Å²) in [5.74, 6) is 1.10. The topological polar surface area (TPSA) is 143 Å². The lowest BCUT2D eigenvalue weighted by Crippen LogP contribution is -2.31. The lowest BCUT2D eigenvalue weighted by molar-refractivity contribution is -0.245. The first-order valence-corrected chi connectivity index (χ1v) is 17.4. The molecule has 1 aliphatic heterocycles. The van der Waals surface area contributed by atoms with Gasteiger partial charge in [-0.1, -0.05) is 84.9 Å². The molecule has 6 N–H and O–H groups in total. The summed E-state index contributed by atoms with van der Waals surface area (Å²) < 4.78 is 12.9. The van der Waals surface area contributed by atoms with E-state index in [1.54, 1.807) is 36.0 Å². The fraction of sp³-hybridized carbons (Fsp3) is 0.316. The summed E-state index contributed by atoms with van der Waals surface area (Å²) >= 11 is 1.66. The molecule has 0 unspecified atom stereocenters. The highest BCUT2D eigenvalue weighted by molar-refractivity contribution is 7.99. The van der Waals surface area contributed by atoms with Crippen LogP contribution in [-0.2, 0) is 32.2 Å². The van der Waals surface area contributed by atoms with Crippen molar-refractivity contribution in [1.82, 2.24) is 5.32 Å². The minimum atomic E-state index is -0.559. The molecule has 1 fully saturated rings. The predicted octanol–water partition coefficient (Wildman–Crippen LogP) is 6.12. The molecule has 0 bridgehead atoms. The van der Waals surface area contributed by atoms with Gasteiger partial charge in [0.15, 0.2) is 6.29 Å². The van der Waals surface area contributed by atoms with Crippen molar-refractivity contribution >= 4 is 35.0 Å². The van der Waals surface area contributed by atoms with Crippen molar-refractivity contribution in [1.29, 1.82) is 0 Å². The Morgan fingerprint density at radius 3 is 2.29 bits per heavy atom. The number of para-hydroxylation sites is 2. The first-order valence-electron chi connectivity index (χ1n) is 16.2. The third-order valence-electron chi connectivity index (χ3n) is 8.18. The Morgan fingerprint density at radius 1 is 0.833 bits per heavy atom. The maximum atomic E-state index is 12.6. The van der Waals surface area contributed by atoms with Crippen LogP contribution in [0.2, 0.25) is 0 Å². The Hall–Kier alpha value is -4.19. The Kier molecular flexibility index (Phi) is 13.0. The van der Waals surface area contributed by atoms with Crippen molar-refractivity contribution in [2.45, 2.75) is 57.3 Å². The molecule has 0 radical (unpaired) electrons. The number of carbonyl (C=O) groups excluding carboxylic acids is 2. The first kappa shape index (κ1) is 35.1. The van der Waals surface area contributed by atoms with Crippen LogP contribution in [0, 0.1) is 0 Å².